The minimum Gasteiger partial charge on any atom is -0.310 e. The molecule has 0 saturated carbocycles. The van der Waals surface area contributed by atoms with Gasteiger partial charge in [-0.15, -0.1) is 11.3 Å². The van der Waals surface area contributed by atoms with Gasteiger partial charge in [-0.25, -0.2) is 4.79 Å². The molecule has 2 aliphatic rings. The molecule has 1 N–H and O–H groups in total. The topological polar surface area (TPSA) is 40.5 Å². The lowest BCUT2D eigenvalue weighted by Gasteiger charge is -2.32. The Labute approximate surface area is 210 Å². The summed E-state index contributed by atoms with van der Waals surface area (Å²) in [6, 6.07) is 22.4. The Morgan fingerprint density at radius 3 is 2.57 bits per heavy atom. The van der Waals surface area contributed by atoms with Crippen molar-refractivity contribution in [3.8, 4) is 5.00 Å². The minimum atomic E-state index is -0.178. The van der Waals surface area contributed by atoms with Crippen LogP contribution in [0.15, 0.2) is 72.9 Å². The first-order valence-electron chi connectivity index (χ1n) is 12.3. The van der Waals surface area contributed by atoms with Crippen LogP contribution in [-0.4, -0.2) is 33.5 Å². The van der Waals surface area contributed by atoms with E-state index in [0.717, 1.165) is 43.0 Å². The van der Waals surface area contributed by atoms with Gasteiger partial charge in [0.15, 0.2) is 0 Å². The van der Waals surface area contributed by atoms with E-state index in [1.807, 2.05) is 46.6 Å². The quantitative estimate of drug-likeness (QED) is 0.369. The molecule has 0 radical (unpaired) electrons. The van der Waals surface area contributed by atoms with Crippen LogP contribution in [0.3, 0.4) is 0 Å². The monoisotopic (exact) mass is 482 g/mol. The largest absolute Gasteiger partial charge is 0.322 e. The number of rotatable bonds is 3. The third kappa shape index (κ3) is 3.97. The number of aromatic nitrogens is 1. The average Bonchev–Trinajstić information content (AvgIpc) is 3.47. The number of benzene rings is 2. The molecule has 2 aromatic heterocycles. The second kappa shape index (κ2) is 9.02. The first-order chi connectivity index (χ1) is 17.1. The van der Waals surface area contributed by atoms with Crippen LogP contribution in [-0.2, 0) is 19.5 Å². The molecular weight excluding hydrogens is 452 g/mol. The first-order valence-corrected chi connectivity index (χ1v) is 13.2. The highest BCUT2D eigenvalue weighted by atomic mass is 32.1. The maximum Gasteiger partial charge on any atom is 0.322 e. The molecule has 1 atom stereocenters. The molecule has 0 fully saturated rings. The molecular formula is C29H30N4OS. The molecule has 0 saturated heterocycles. The lowest BCUT2D eigenvalue weighted by atomic mass is 10.00. The summed E-state index contributed by atoms with van der Waals surface area (Å²) in [5, 5.41) is 4.44. The third-order valence-electron chi connectivity index (χ3n) is 7.27. The number of anilines is 1. The van der Waals surface area contributed by atoms with E-state index < -0.39 is 0 Å². The van der Waals surface area contributed by atoms with Crippen molar-refractivity contribution >= 4 is 23.1 Å². The number of nitrogens with one attached hydrogen (secondary N) is 1. The summed E-state index contributed by atoms with van der Waals surface area (Å²) >= 11 is 1.90. The van der Waals surface area contributed by atoms with Crippen molar-refractivity contribution in [3.05, 3.63) is 106 Å². The molecule has 6 heteroatoms. The number of thiophene rings is 1. The Kier molecular flexibility index (Phi) is 5.71. The number of carbonyl (C=O) groups excluding carboxylic acids is 1. The van der Waals surface area contributed by atoms with Crippen LogP contribution in [0.1, 0.15) is 45.8 Å². The summed E-state index contributed by atoms with van der Waals surface area (Å²) < 4.78 is 2.32. The Hall–Kier alpha value is -3.35. The van der Waals surface area contributed by atoms with Crippen molar-refractivity contribution in [2.45, 2.75) is 39.4 Å². The van der Waals surface area contributed by atoms with Crippen LogP contribution >= 0.6 is 11.3 Å². The number of hydrogen-bond donors (Lipinski definition) is 1. The van der Waals surface area contributed by atoms with Gasteiger partial charge in [-0.05, 0) is 55.3 Å². The van der Waals surface area contributed by atoms with Crippen LogP contribution in [0.2, 0.25) is 0 Å². The van der Waals surface area contributed by atoms with Gasteiger partial charge in [-0.1, -0.05) is 55.0 Å². The van der Waals surface area contributed by atoms with Crippen molar-refractivity contribution in [2.75, 3.05) is 18.4 Å². The fraction of sp³-hybridized carbons (Fsp3) is 0.276. The number of urea groups is 1. The number of hydrogen-bond acceptors (Lipinski definition) is 3. The summed E-state index contributed by atoms with van der Waals surface area (Å²) in [5.41, 5.74) is 6.98. The minimum absolute atomic E-state index is 0.0748. The SMILES string of the molecule is CCN1CCc2c(sc3c2CN(C(=O)Nc2ccc(C)cc2)C(c2ccccc2)c2cccn2-3)C1. The van der Waals surface area contributed by atoms with Gasteiger partial charge >= 0.3 is 6.03 Å². The van der Waals surface area contributed by atoms with Gasteiger partial charge in [0, 0.05) is 35.4 Å². The molecule has 35 heavy (non-hydrogen) atoms. The van der Waals surface area contributed by atoms with Gasteiger partial charge in [0.25, 0.3) is 0 Å². The molecule has 4 heterocycles. The highest BCUT2D eigenvalue weighted by Gasteiger charge is 2.36. The predicted molar refractivity (Wildman–Crippen MR) is 142 cm³/mol. The van der Waals surface area contributed by atoms with Gasteiger partial charge in [-0.3, -0.25) is 4.90 Å². The Morgan fingerprint density at radius 1 is 1.00 bits per heavy atom. The van der Waals surface area contributed by atoms with Crippen LogP contribution < -0.4 is 5.32 Å². The fourth-order valence-electron chi connectivity index (χ4n) is 5.37. The molecule has 2 amide bonds. The Morgan fingerprint density at radius 2 is 1.80 bits per heavy atom. The van der Waals surface area contributed by atoms with Gasteiger partial charge in [0.1, 0.15) is 5.00 Å². The second-order valence-corrected chi connectivity index (χ2v) is 10.5. The highest BCUT2D eigenvalue weighted by molar-refractivity contribution is 7.15. The third-order valence-corrected chi connectivity index (χ3v) is 8.53. The zero-order valence-corrected chi connectivity index (χ0v) is 21.0. The number of nitrogens with zero attached hydrogens (tertiary/aromatic N) is 3. The van der Waals surface area contributed by atoms with Gasteiger partial charge in [0.2, 0.25) is 0 Å². The smallest absolute Gasteiger partial charge is 0.310 e. The van der Waals surface area contributed by atoms with Gasteiger partial charge < -0.3 is 14.8 Å². The lowest BCUT2D eigenvalue weighted by molar-refractivity contribution is 0.194. The normalized spacial score (nSPS) is 17.3. The molecule has 0 aliphatic carbocycles. The van der Waals surface area contributed by atoms with Gasteiger partial charge in [0.05, 0.1) is 18.3 Å². The Bertz CT molecular complexity index is 1360. The van der Waals surface area contributed by atoms with E-state index in [1.165, 1.54) is 26.6 Å². The molecule has 5 nitrogen and oxygen atoms in total. The molecule has 4 aromatic rings. The standard InChI is InChI=1S/C29H30N4OS/c1-3-31-17-15-23-24-18-33(29(34)30-22-13-11-20(2)12-14-22)27(21-8-5-4-6-9-21)25-10-7-16-32(25)28(24)35-26(23)19-31/h4-14,16,27H,3,15,17-19H2,1-2H3,(H,30,34). The zero-order chi connectivity index (χ0) is 23.9. The number of amides is 2. The summed E-state index contributed by atoms with van der Waals surface area (Å²) in [7, 11) is 0. The number of carbonyl (C=O) groups is 1. The average molecular weight is 483 g/mol. The molecule has 1 unspecified atom stereocenters. The first kappa shape index (κ1) is 22.1. The summed E-state index contributed by atoms with van der Waals surface area (Å²) in [6.07, 6.45) is 3.19. The van der Waals surface area contributed by atoms with E-state index >= 15 is 0 Å². The molecule has 2 aromatic carbocycles. The maximum absolute atomic E-state index is 13.9. The molecule has 178 valence electrons. The van der Waals surface area contributed by atoms with Crippen LogP contribution in [0.5, 0.6) is 0 Å². The highest BCUT2D eigenvalue weighted by Crippen LogP contribution is 2.43. The van der Waals surface area contributed by atoms with E-state index in [-0.39, 0.29) is 12.1 Å². The van der Waals surface area contributed by atoms with Crippen LogP contribution in [0.25, 0.3) is 5.00 Å². The Balaban J connectivity index is 1.47. The van der Waals surface area contributed by atoms with Crippen molar-refractivity contribution in [1.29, 1.82) is 0 Å². The van der Waals surface area contributed by atoms with Crippen molar-refractivity contribution in [1.82, 2.24) is 14.4 Å². The molecule has 6 rings (SSSR count). The molecule has 0 spiro atoms. The van der Waals surface area contributed by atoms with Crippen LogP contribution in [0.4, 0.5) is 10.5 Å². The fourth-order valence-corrected chi connectivity index (χ4v) is 6.77. The van der Waals surface area contributed by atoms with Gasteiger partial charge in [-0.2, -0.15) is 0 Å². The summed E-state index contributed by atoms with van der Waals surface area (Å²) in [5.74, 6) is 0. The second-order valence-electron chi connectivity index (χ2n) is 9.45. The van der Waals surface area contributed by atoms with E-state index in [2.05, 4.69) is 71.2 Å². The summed E-state index contributed by atoms with van der Waals surface area (Å²) in [4.78, 5) is 19.9. The van der Waals surface area contributed by atoms with E-state index in [1.54, 1.807) is 0 Å². The van der Waals surface area contributed by atoms with Crippen molar-refractivity contribution in [3.63, 3.8) is 0 Å². The number of likely N-dealkylation sites (N-methyl/N-ethyl adjacent to an activating group) is 1. The zero-order valence-electron chi connectivity index (χ0n) is 20.2. The number of aryl methyl sites for hydroxylation is 1. The molecule has 0 bridgehead atoms. The van der Waals surface area contributed by atoms with Crippen LogP contribution in [0, 0.1) is 6.92 Å². The summed E-state index contributed by atoms with van der Waals surface area (Å²) in [6.45, 7) is 8.01. The maximum atomic E-state index is 13.9. The predicted octanol–water partition coefficient (Wildman–Crippen LogP) is 6.36. The number of fused-ring (bicyclic) bond motifs is 5. The lowest BCUT2D eigenvalue weighted by Crippen LogP contribution is -2.38. The van der Waals surface area contributed by atoms with E-state index in [9.17, 15) is 4.79 Å². The van der Waals surface area contributed by atoms with E-state index in [4.69, 9.17) is 0 Å². The van der Waals surface area contributed by atoms with Crippen molar-refractivity contribution < 1.29 is 4.79 Å². The van der Waals surface area contributed by atoms with Crippen molar-refractivity contribution in [2.24, 2.45) is 0 Å². The molecule has 2 aliphatic heterocycles. The van der Waals surface area contributed by atoms with E-state index in [0.29, 0.717) is 6.54 Å².